The summed E-state index contributed by atoms with van der Waals surface area (Å²) in [6.45, 7) is 4.29. The number of hydrogen-bond donors (Lipinski definition) is 2. The summed E-state index contributed by atoms with van der Waals surface area (Å²) in [5, 5.41) is 17.7. The van der Waals surface area contributed by atoms with Crippen molar-refractivity contribution in [3.05, 3.63) is 35.3 Å². The van der Waals surface area contributed by atoms with Crippen LogP contribution in [0.25, 0.3) is 5.82 Å². The van der Waals surface area contributed by atoms with Gasteiger partial charge in [0.05, 0.1) is 11.8 Å². The van der Waals surface area contributed by atoms with Crippen molar-refractivity contribution < 1.29 is 9.90 Å². The third-order valence-corrected chi connectivity index (χ3v) is 5.62. The zero-order valence-electron chi connectivity index (χ0n) is 14.4. The SMILES string of the molecule is Cc1ccc(C)n1-c1c(C(=O)NCC2(O)CCSCC2)cnn1C. The number of nitrogens with zero attached hydrogens (tertiary/aromatic N) is 3. The van der Waals surface area contributed by atoms with E-state index < -0.39 is 5.60 Å². The second-order valence-electron chi connectivity index (χ2n) is 6.48. The van der Waals surface area contributed by atoms with Gasteiger partial charge in [0.1, 0.15) is 11.4 Å². The summed E-state index contributed by atoms with van der Waals surface area (Å²) in [6.07, 6.45) is 3.02. The molecule has 1 saturated heterocycles. The van der Waals surface area contributed by atoms with Gasteiger partial charge in [0, 0.05) is 25.0 Å². The highest BCUT2D eigenvalue weighted by atomic mass is 32.2. The van der Waals surface area contributed by atoms with Crippen molar-refractivity contribution in [2.45, 2.75) is 32.3 Å². The van der Waals surface area contributed by atoms with Crippen molar-refractivity contribution in [1.29, 1.82) is 0 Å². The lowest BCUT2D eigenvalue weighted by molar-refractivity contribution is 0.0311. The van der Waals surface area contributed by atoms with Gasteiger partial charge in [0.2, 0.25) is 0 Å². The van der Waals surface area contributed by atoms with Gasteiger partial charge < -0.3 is 15.0 Å². The van der Waals surface area contributed by atoms with E-state index in [0.29, 0.717) is 18.4 Å². The van der Waals surface area contributed by atoms with Crippen LogP contribution in [0.4, 0.5) is 0 Å². The fourth-order valence-electron chi connectivity index (χ4n) is 3.13. The van der Waals surface area contributed by atoms with Gasteiger partial charge in [-0.2, -0.15) is 16.9 Å². The number of aromatic nitrogens is 3. The van der Waals surface area contributed by atoms with E-state index in [1.165, 1.54) is 0 Å². The molecule has 2 N–H and O–H groups in total. The molecule has 0 spiro atoms. The summed E-state index contributed by atoms with van der Waals surface area (Å²) in [7, 11) is 1.83. The molecule has 6 nitrogen and oxygen atoms in total. The molecule has 2 aromatic heterocycles. The first kappa shape index (κ1) is 17.1. The molecule has 1 fully saturated rings. The number of carbonyl (C=O) groups excluding carboxylic acids is 1. The van der Waals surface area contributed by atoms with Gasteiger partial charge in [-0.25, -0.2) is 0 Å². The quantitative estimate of drug-likeness (QED) is 0.884. The van der Waals surface area contributed by atoms with E-state index in [0.717, 1.165) is 28.7 Å². The second-order valence-corrected chi connectivity index (χ2v) is 7.70. The Morgan fingerprint density at radius 1 is 1.33 bits per heavy atom. The summed E-state index contributed by atoms with van der Waals surface area (Å²) in [4.78, 5) is 12.7. The standard InChI is InChI=1S/C17H24N4O2S/c1-12-4-5-13(2)21(12)16-14(10-19-20(16)3)15(22)18-11-17(23)6-8-24-9-7-17/h4-5,10,23H,6-9,11H2,1-3H3,(H,18,22). The fraction of sp³-hybridized carbons (Fsp3) is 0.529. The molecule has 0 aliphatic carbocycles. The Balaban J connectivity index is 1.81. The Kier molecular flexibility index (Phi) is 4.73. The summed E-state index contributed by atoms with van der Waals surface area (Å²) in [5.74, 6) is 2.43. The Morgan fingerprint density at radius 3 is 2.58 bits per heavy atom. The lowest BCUT2D eigenvalue weighted by Gasteiger charge is -2.31. The number of thioether (sulfide) groups is 1. The average molecular weight is 348 g/mol. The molecule has 2 aromatic rings. The van der Waals surface area contributed by atoms with Crippen molar-refractivity contribution in [1.82, 2.24) is 19.7 Å². The van der Waals surface area contributed by atoms with Gasteiger partial charge >= 0.3 is 0 Å². The number of nitrogens with one attached hydrogen (secondary N) is 1. The molecule has 1 aliphatic heterocycles. The van der Waals surface area contributed by atoms with E-state index in [1.54, 1.807) is 10.9 Å². The summed E-state index contributed by atoms with van der Waals surface area (Å²) >= 11 is 1.85. The first-order valence-electron chi connectivity index (χ1n) is 8.17. The Hall–Kier alpha value is -1.73. The van der Waals surface area contributed by atoms with Gasteiger partial charge in [-0.3, -0.25) is 9.48 Å². The van der Waals surface area contributed by atoms with Crippen molar-refractivity contribution in [2.75, 3.05) is 18.1 Å². The van der Waals surface area contributed by atoms with Crippen LogP contribution in [0.2, 0.25) is 0 Å². The molecule has 24 heavy (non-hydrogen) atoms. The normalized spacial score (nSPS) is 17.0. The first-order valence-corrected chi connectivity index (χ1v) is 9.32. The van der Waals surface area contributed by atoms with Gasteiger partial charge in [-0.15, -0.1) is 0 Å². The maximum absolute atomic E-state index is 12.7. The lowest BCUT2D eigenvalue weighted by Crippen LogP contribution is -2.45. The summed E-state index contributed by atoms with van der Waals surface area (Å²) in [5.41, 5.74) is 1.83. The molecule has 1 amide bonds. The first-order chi connectivity index (χ1) is 11.4. The fourth-order valence-corrected chi connectivity index (χ4v) is 4.38. The van der Waals surface area contributed by atoms with E-state index in [2.05, 4.69) is 10.4 Å². The summed E-state index contributed by atoms with van der Waals surface area (Å²) < 4.78 is 3.73. The molecule has 0 aromatic carbocycles. The zero-order valence-corrected chi connectivity index (χ0v) is 15.2. The predicted octanol–water partition coefficient (Wildman–Crippen LogP) is 1.82. The average Bonchev–Trinajstić information content (AvgIpc) is 3.08. The molecule has 0 radical (unpaired) electrons. The number of aliphatic hydroxyl groups is 1. The molecule has 0 saturated carbocycles. The lowest BCUT2D eigenvalue weighted by atomic mass is 9.97. The van der Waals surface area contributed by atoms with Crippen LogP contribution < -0.4 is 5.32 Å². The molecule has 0 bridgehead atoms. The van der Waals surface area contributed by atoms with Gasteiger partial charge in [-0.05, 0) is 50.3 Å². The highest BCUT2D eigenvalue weighted by molar-refractivity contribution is 7.99. The minimum absolute atomic E-state index is 0.197. The predicted molar refractivity (Wildman–Crippen MR) is 95.9 cm³/mol. The van der Waals surface area contributed by atoms with Crippen LogP contribution in [0.3, 0.4) is 0 Å². The molecule has 0 unspecified atom stereocenters. The van der Waals surface area contributed by atoms with E-state index in [9.17, 15) is 9.90 Å². The molecule has 130 valence electrons. The molecular formula is C17H24N4O2S. The Labute approximate surface area is 146 Å². The van der Waals surface area contributed by atoms with Crippen molar-refractivity contribution in [3.63, 3.8) is 0 Å². The number of rotatable bonds is 4. The van der Waals surface area contributed by atoms with Crippen molar-refractivity contribution in [2.24, 2.45) is 7.05 Å². The number of hydrogen-bond acceptors (Lipinski definition) is 4. The summed E-state index contributed by atoms with van der Waals surface area (Å²) in [6, 6.07) is 4.04. The highest BCUT2D eigenvalue weighted by Gasteiger charge is 2.30. The second kappa shape index (κ2) is 6.64. The van der Waals surface area contributed by atoms with Crippen LogP contribution in [-0.2, 0) is 7.05 Å². The topological polar surface area (TPSA) is 72.1 Å². The highest BCUT2D eigenvalue weighted by Crippen LogP contribution is 2.26. The van der Waals surface area contributed by atoms with Crippen molar-refractivity contribution >= 4 is 17.7 Å². The number of carbonyl (C=O) groups is 1. The third kappa shape index (κ3) is 3.23. The maximum Gasteiger partial charge on any atom is 0.256 e. The molecule has 3 rings (SSSR count). The zero-order chi connectivity index (χ0) is 17.3. The van der Waals surface area contributed by atoms with Crippen LogP contribution >= 0.6 is 11.8 Å². The molecule has 0 atom stereocenters. The van der Waals surface area contributed by atoms with Crippen LogP contribution in [0.5, 0.6) is 0 Å². The van der Waals surface area contributed by atoms with E-state index in [1.807, 2.05) is 49.4 Å². The van der Waals surface area contributed by atoms with Gasteiger partial charge in [0.25, 0.3) is 5.91 Å². The smallest absolute Gasteiger partial charge is 0.256 e. The number of aryl methyl sites for hydroxylation is 3. The van der Waals surface area contributed by atoms with Crippen LogP contribution in [0, 0.1) is 13.8 Å². The third-order valence-electron chi connectivity index (χ3n) is 4.64. The van der Waals surface area contributed by atoms with Crippen LogP contribution in [-0.4, -0.2) is 49.0 Å². The molecule has 1 aliphatic rings. The largest absolute Gasteiger partial charge is 0.388 e. The van der Waals surface area contributed by atoms with Gasteiger partial charge in [0.15, 0.2) is 0 Å². The van der Waals surface area contributed by atoms with E-state index >= 15 is 0 Å². The minimum Gasteiger partial charge on any atom is -0.388 e. The Morgan fingerprint density at radius 2 is 1.96 bits per heavy atom. The monoisotopic (exact) mass is 348 g/mol. The van der Waals surface area contributed by atoms with Crippen LogP contribution in [0.1, 0.15) is 34.6 Å². The van der Waals surface area contributed by atoms with E-state index in [-0.39, 0.29) is 12.5 Å². The van der Waals surface area contributed by atoms with Crippen LogP contribution in [0.15, 0.2) is 18.3 Å². The molecular weight excluding hydrogens is 324 g/mol. The molecule has 3 heterocycles. The van der Waals surface area contributed by atoms with Crippen molar-refractivity contribution in [3.8, 4) is 5.82 Å². The maximum atomic E-state index is 12.7. The number of amides is 1. The van der Waals surface area contributed by atoms with Gasteiger partial charge in [-0.1, -0.05) is 0 Å². The van der Waals surface area contributed by atoms with E-state index in [4.69, 9.17) is 0 Å². The molecule has 7 heteroatoms. The Bertz CT molecular complexity index is 724. The minimum atomic E-state index is -0.789.